The van der Waals surface area contributed by atoms with Gasteiger partial charge in [-0.3, -0.25) is 4.40 Å². The Morgan fingerprint density at radius 3 is 2.88 bits per heavy atom. The zero-order valence-corrected chi connectivity index (χ0v) is 11.2. The normalized spacial score (nSPS) is 11.1. The molecule has 0 amide bonds. The predicted molar refractivity (Wildman–Crippen MR) is 71.2 cm³/mol. The second-order valence-electron chi connectivity index (χ2n) is 3.29. The van der Waals surface area contributed by atoms with Crippen LogP contribution in [0.25, 0.3) is 16.2 Å². The number of pyridine rings is 1. The summed E-state index contributed by atoms with van der Waals surface area (Å²) in [6, 6.07) is 9.88. The first-order valence-electron chi connectivity index (χ1n) is 4.64. The SMILES string of the molecule is Clc1ccc(-c2nc(Br)c3ccccn23)s1. The number of imidazole rings is 1. The Hall–Kier alpha value is -0.840. The monoisotopic (exact) mass is 312 g/mol. The Balaban J connectivity index is 2.32. The Kier molecular flexibility index (Phi) is 2.50. The standard InChI is InChI=1S/C11H6BrClN2S/c12-10-7-3-1-2-6-15(7)11(14-10)8-4-5-9(13)16-8/h1-6H. The van der Waals surface area contributed by atoms with Gasteiger partial charge in [0.2, 0.25) is 0 Å². The molecule has 80 valence electrons. The van der Waals surface area contributed by atoms with E-state index in [1.165, 1.54) is 11.3 Å². The van der Waals surface area contributed by atoms with Crippen LogP contribution in [0, 0.1) is 0 Å². The molecule has 3 heterocycles. The van der Waals surface area contributed by atoms with Gasteiger partial charge >= 0.3 is 0 Å². The summed E-state index contributed by atoms with van der Waals surface area (Å²) in [7, 11) is 0. The number of nitrogens with zero attached hydrogens (tertiary/aromatic N) is 2. The van der Waals surface area contributed by atoms with Gasteiger partial charge in [-0.2, -0.15) is 0 Å². The molecule has 0 saturated heterocycles. The van der Waals surface area contributed by atoms with E-state index in [1.807, 2.05) is 40.9 Å². The van der Waals surface area contributed by atoms with E-state index in [9.17, 15) is 0 Å². The maximum absolute atomic E-state index is 5.94. The molecule has 16 heavy (non-hydrogen) atoms. The fraction of sp³-hybridized carbons (Fsp3) is 0. The van der Waals surface area contributed by atoms with Crippen molar-refractivity contribution in [3.8, 4) is 10.7 Å². The van der Waals surface area contributed by atoms with Crippen molar-refractivity contribution < 1.29 is 0 Å². The third-order valence-electron chi connectivity index (χ3n) is 2.30. The van der Waals surface area contributed by atoms with Gasteiger partial charge in [-0.25, -0.2) is 4.98 Å². The van der Waals surface area contributed by atoms with Gasteiger partial charge in [0.15, 0.2) is 5.82 Å². The van der Waals surface area contributed by atoms with Crippen LogP contribution in [0.2, 0.25) is 4.34 Å². The van der Waals surface area contributed by atoms with E-state index in [4.69, 9.17) is 11.6 Å². The van der Waals surface area contributed by atoms with Crippen molar-refractivity contribution in [1.82, 2.24) is 9.38 Å². The molecule has 3 rings (SSSR count). The summed E-state index contributed by atoms with van der Waals surface area (Å²) in [6.07, 6.45) is 2.00. The van der Waals surface area contributed by atoms with Gasteiger partial charge in [0, 0.05) is 6.20 Å². The molecule has 0 spiro atoms. The van der Waals surface area contributed by atoms with Crippen LogP contribution in [0.1, 0.15) is 0 Å². The van der Waals surface area contributed by atoms with Gasteiger partial charge in [-0.1, -0.05) is 17.7 Å². The Morgan fingerprint density at radius 2 is 2.12 bits per heavy atom. The van der Waals surface area contributed by atoms with Crippen LogP contribution in [0.3, 0.4) is 0 Å². The summed E-state index contributed by atoms with van der Waals surface area (Å²) >= 11 is 10.9. The Bertz CT molecular complexity index is 659. The van der Waals surface area contributed by atoms with E-state index < -0.39 is 0 Å². The smallest absolute Gasteiger partial charge is 0.156 e. The van der Waals surface area contributed by atoms with Crippen LogP contribution in [0.5, 0.6) is 0 Å². The molecule has 3 aromatic rings. The highest BCUT2D eigenvalue weighted by molar-refractivity contribution is 9.10. The molecule has 0 aliphatic carbocycles. The molecule has 0 radical (unpaired) electrons. The van der Waals surface area contributed by atoms with E-state index in [-0.39, 0.29) is 0 Å². The first kappa shape index (κ1) is 10.3. The van der Waals surface area contributed by atoms with Crippen LogP contribution in [-0.2, 0) is 0 Å². The lowest BCUT2D eigenvalue weighted by molar-refractivity contribution is 1.17. The number of aromatic nitrogens is 2. The lowest BCUT2D eigenvalue weighted by Crippen LogP contribution is -1.85. The predicted octanol–water partition coefficient (Wildman–Crippen LogP) is 4.48. The molecule has 0 aliphatic rings. The average molecular weight is 314 g/mol. The zero-order chi connectivity index (χ0) is 11.1. The molecule has 0 fully saturated rings. The quantitative estimate of drug-likeness (QED) is 0.647. The summed E-state index contributed by atoms with van der Waals surface area (Å²) < 4.78 is 3.68. The largest absolute Gasteiger partial charge is 0.298 e. The second-order valence-corrected chi connectivity index (χ2v) is 5.75. The van der Waals surface area contributed by atoms with Gasteiger partial charge in [-0.05, 0) is 40.2 Å². The third-order valence-corrected chi connectivity index (χ3v) is 4.11. The number of thiophene rings is 1. The first-order valence-corrected chi connectivity index (χ1v) is 6.63. The molecule has 0 N–H and O–H groups in total. The van der Waals surface area contributed by atoms with Crippen molar-refractivity contribution in [3.63, 3.8) is 0 Å². The minimum Gasteiger partial charge on any atom is -0.298 e. The molecule has 0 aromatic carbocycles. The van der Waals surface area contributed by atoms with Crippen LogP contribution in [0.4, 0.5) is 0 Å². The summed E-state index contributed by atoms with van der Waals surface area (Å²) in [4.78, 5) is 5.57. The van der Waals surface area contributed by atoms with Crippen LogP contribution in [-0.4, -0.2) is 9.38 Å². The van der Waals surface area contributed by atoms with Crippen molar-refractivity contribution >= 4 is 44.4 Å². The highest BCUT2D eigenvalue weighted by Gasteiger charge is 2.11. The highest BCUT2D eigenvalue weighted by atomic mass is 79.9. The molecule has 0 atom stereocenters. The molecule has 0 unspecified atom stereocenters. The Labute approximate surface area is 110 Å². The molecular weight excluding hydrogens is 308 g/mol. The van der Waals surface area contributed by atoms with Gasteiger partial charge in [0.25, 0.3) is 0 Å². The average Bonchev–Trinajstić information content (AvgIpc) is 2.84. The van der Waals surface area contributed by atoms with Gasteiger partial charge in [0.05, 0.1) is 14.7 Å². The third kappa shape index (κ3) is 1.57. The van der Waals surface area contributed by atoms with E-state index >= 15 is 0 Å². The number of hydrogen-bond donors (Lipinski definition) is 0. The fourth-order valence-corrected chi connectivity index (χ4v) is 3.13. The van der Waals surface area contributed by atoms with Gasteiger partial charge < -0.3 is 0 Å². The minimum atomic E-state index is 0.777. The Morgan fingerprint density at radius 1 is 1.25 bits per heavy atom. The van der Waals surface area contributed by atoms with E-state index in [0.717, 1.165) is 25.2 Å². The lowest BCUT2D eigenvalue weighted by atomic mass is 10.4. The second kappa shape index (κ2) is 3.87. The summed E-state index contributed by atoms with van der Waals surface area (Å²) in [5, 5.41) is 0. The summed E-state index contributed by atoms with van der Waals surface area (Å²) in [6.45, 7) is 0. The fourth-order valence-electron chi connectivity index (χ4n) is 1.61. The van der Waals surface area contributed by atoms with Crippen molar-refractivity contribution in [2.75, 3.05) is 0 Å². The van der Waals surface area contributed by atoms with E-state index in [2.05, 4.69) is 20.9 Å². The topological polar surface area (TPSA) is 17.3 Å². The van der Waals surface area contributed by atoms with Crippen LogP contribution in [0.15, 0.2) is 41.1 Å². The van der Waals surface area contributed by atoms with Crippen LogP contribution >= 0.6 is 38.9 Å². The lowest BCUT2D eigenvalue weighted by Gasteiger charge is -1.96. The number of hydrogen-bond acceptors (Lipinski definition) is 2. The summed E-state index contributed by atoms with van der Waals surface area (Å²) in [5.74, 6) is 0.916. The molecular formula is C11H6BrClN2S. The maximum Gasteiger partial charge on any atom is 0.156 e. The molecule has 5 heteroatoms. The first-order chi connectivity index (χ1) is 7.75. The van der Waals surface area contributed by atoms with Crippen molar-refractivity contribution in [2.24, 2.45) is 0 Å². The number of fused-ring (bicyclic) bond motifs is 1. The zero-order valence-electron chi connectivity index (χ0n) is 8.02. The molecule has 2 nitrogen and oxygen atoms in total. The van der Waals surface area contributed by atoms with E-state index in [0.29, 0.717) is 0 Å². The highest BCUT2D eigenvalue weighted by Crippen LogP contribution is 2.32. The van der Waals surface area contributed by atoms with Gasteiger partial charge in [-0.15, -0.1) is 11.3 Å². The minimum absolute atomic E-state index is 0.777. The van der Waals surface area contributed by atoms with Crippen molar-refractivity contribution in [1.29, 1.82) is 0 Å². The molecule has 3 aromatic heterocycles. The maximum atomic E-state index is 5.94. The molecule has 0 bridgehead atoms. The number of halogens is 2. The van der Waals surface area contributed by atoms with Crippen molar-refractivity contribution in [3.05, 3.63) is 45.5 Å². The molecule has 0 saturated carbocycles. The molecule has 0 aliphatic heterocycles. The number of rotatable bonds is 1. The van der Waals surface area contributed by atoms with Crippen LogP contribution < -0.4 is 0 Å². The van der Waals surface area contributed by atoms with Gasteiger partial charge in [0.1, 0.15) is 4.60 Å². The summed E-state index contributed by atoms with van der Waals surface area (Å²) in [5.41, 5.74) is 1.06. The van der Waals surface area contributed by atoms with Crippen molar-refractivity contribution in [2.45, 2.75) is 0 Å². The van der Waals surface area contributed by atoms with E-state index in [1.54, 1.807) is 0 Å².